The normalized spacial score (nSPS) is 9.17. The van der Waals surface area contributed by atoms with E-state index < -0.39 is 0 Å². The molecule has 2 heterocycles. The molecule has 64 valence electrons. The number of pyridine rings is 1. The quantitative estimate of drug-likeness (QED) is 0.625. The van der Waals surface area contributed by atoms with E-state index in [1.165, 1.54) is 0 Å². The van der Waals surface area contributed by atoms with E-state index in [1.54, 1.807) is 18.6 Å². The summed E-state index contributed by atoms with van der Waals surface area (Å²) < 4.78 is 0. The van der Waals surface area contributed by atoms with Gasteiger partial charge in [-0.15, -0.1) is 0 Å². The summed E-state index contributed by atoms with van der Waals surface area (Å²) in [6.45, 7) is 4.00. The van der Waals surface area contributed by atoms with Crippen molar-refractivity contribution in [3.63, 3.8) is 0 Å². The molecule has 0 unspecified atom stereocenters. The number of nitrogens with one attached hydrogen (secondary N) is 1. The van der Waals surface area contributed by atoms with Crippen LogP contribution in [-0.2, 0) is 0 Å². The number of aromatic amines is 1. The van der Waals surface area contributed by atoms with Gasteiger partial charge >= 0.3 is 0 Å². The highest BCUT2D eigenvalue weighted by Crippen LogP contribution is 2.17. The zero-order valence-corrected chi connectivity index (χ0v) is 7.33. The zero-order valence-electron chi connectivity index (χ0n) is 7.33. The van der Waals surface area contributed by atoms with Gasteiger partial charge in [-0.3, -0.25) is 4.98 Å². The summed E-state index contributed by atoms with van der Waals surface area (Å²) in [5, 5.41) is 0.988. The van der Waals surface area contributed by atoms with Crippen LogP contribution >= 0.6 is 0 Å². The first-order valence-electron chi connectivity index (χ1n) is 4.04. The summed E-state index contributed by atoms with van der Waals surface area (Å²) >= 11 is 0. The maximum absolute atomic E-state index is 5.60. The Morgan fingerprint density at radius 2 is 2.17 bits per heavy atom. The molecule has 0 radical (unpaired) electrons. The van der Waals surface area contributed by atoms with Crippen LogP contribution in [0.4, 0.5) is 5.69 Å². The Labute approximate surface area is 71.6 Å². The highest BCUT2D eigenvalue weighted by molar-refractivity contribution is 5.90. The van der Waals surface area contributed by atoms with Crippen molar-refractivity contribution in [1.82, 2.24) is 9.97 Å². The van der Waals surface area contributed by atoms with Crippen molar-refractivity contribution in [2.45, 2.75) is 13.8 Å². The summed E-state index contributed by atoms with van der Waals surface area (Å²) in [5.74, 6) is 0. The minimum atomic E-state index is 0.753. The number of nitrogens with two attached hydrogens (primary N) is 1. The SMILES string of the molecule is CC.Nc1c[nH]c2ccncc12. The average Bonchev–Trinajstić information content (AvgIpc) is 2.53. The van der Waals surface area contributed by atoms with E-state index in [1.807, 2.05) is 19.9 Å². The lowest BCUT2D eigenvalue weighted by Crippen LogP contribution is -1.79. The van der Waals surface area contributed by atoms with E-state index in [4.69, 9.17) is 5.73 Å². The Hall–Kier alpha value is -1.51. The molecule has 3 nitrogen and oxygen atoms in total. The molecule has 0 saturated carbocycles. The van der Waals surface area contributed by atoms with Gasteiger partial charge in [0.15, 0.2) is 0 Å². The van der Waals surface area contributed by atoms with Crippen LogP contribution < -0.4 is 5.73 Å². The van der Waals surface area contributed by atoms with Crippen LogP contribution in [0.5, 0.6) is 0 Å². The van der Waals surface area contributed by atoms with Crippen molar-refractivity contribution in [2.24, 2.45) is 0 Å². The first-order chi connectivity index (χ1) is 5.88. The van der Waals surface area contributed by atoms with Gasteiger partial charge in [-0.25, -0.2) is 0 Å². The Kier molecular flexibility index (Phi) is 2.69. The molecule has 0 aliphatic heterocycles. The first kappa shape index (κ1) is 8.59. The number of nitrogens with zero attached hydrogens (tertiary/aromatic N) is 1. The monoisotopic (exact) mass is 163 g/mol. The molecule has 2 aromatic rings. The number of nitrogen functional groups attached to an aromatic ring is 1. The predicted octanol–water partition coefficient (Wildman–Crippen LogP) is 2.17. The lowest BCUT2D eigenvalue weighted by atomic mass is 10.3. The van der Waals surface area contributed by atoms with Crippen LogP contribution in [0.2, 0.25) is 0 Å². The van der Waals surface area contributed by atoms with E-state index in [9.17, 15) is 0 Å². The molecule has 0 bridgehead atoms. The lowest BCUT2D eigenvalue weighted by molar-refractivity contribution is 1.36. The third-order valence-electron chi connectivity index (χ3n) is 1.52. The van der Waals surface area contributed by atoms with Gasteiger partial charge in [-0.2, -0.15) is 0 Å². The van der Waals surface area contributed by atoms with Crippen LogP contribution in [0.3, 0.4) is 0 Å². The van der Waals surface area contributed by atoms with Crippen LogP contribution in [-0.4, -0.2) is 9.97 Å². The predicted molar refractivity (Wildman–Crippen MR) is 51.9 cm³/mol. The van der Waals surface area contributed by atoms with E-state index >= 15 is 0 Å². The molecular formula is C9H13N3. The van der Waals surface area contributed by atoms with Crippen LogP contribution in [0, 0.1) is 0 Å². The van der Waals surface area contributed by atoms with Crippen molar-refractivity contribution >= 4 is 16.6 Å². The van der Waals surface area contributed by atoms with Gasteiger partial charge in [0.1, 0.15) is 0 Å². The number of anilines is 1. The fourth-order valence-corrected chi connectivity index (χ4v) is 0.984. The third-order valence-corrected chi connectivity index (χ3v) is 1.52. The minimum absolute atomic E-state index is 0.753. The molecule has 0 aromatic carbocycles. The number of fused-ring (bicyclic) bond motifs is 1. The summed E-state index contributed by atoms with van der Waals surface area (Å²) in [6, 6.07) is 1.89. The molecule has 0 spiro atoms. The molecule has 0 aliphatic carbocycles. The number of rotatable bonds is 0. The molecule has 0 amide bonds. The fourth-order valence-electron chi connectivity index (χ4n) is 0.984. The van der Waals surface area contributed by atoms with Crippen molar-refractivity contribution in [2.75, 3.05) is 5.73 Å². The summed E-state index contributed by atoms with van der Waals surface area (Å²) in [7, 11) is 0. The fraction of sp³-hybridized carbons (Fsp3) is 0.222. The van der Waals surface area contributed by atoms with Gasteiger partial charge in [0.2, 0.25) is 0 Å². The van der Waals surface area contributed by atoms with Gasteiger partial charge in [0.05, 0.1) is 11.2 Å². The highest BCUT2D eigenvalue weighted by Gasteiger charge is 1.96. The largest absolute Gasteiger partial charge is 0.397 e. The summed E-state index contributed by atoms with van der Waals surface area (Å²) in [5.41, 5.74) is 7.39. The Morgan fingerprint density at radius 3 is 2.83 bits per heavy atom. The maximum atomic E-state index is 5.60. The standard InChI is InChI=1S/C7H7N3.C2H6/c8-6-4-10-7-1-2-9-3-5(6)7;1-2/h1-4,10H,8H2;1-2H3. The Balaban J connectivity index is 0.000000336. The Bertz CT molecular complexity index is 351. The average molecular weight is 163 g/mol. The van der Waals surface area contributed by atoms with Crippen LogP contribution in [0.1, 0.15) is 13.8 Å². The lowest BCUT2D eigenvalue weighted by Gasteiger charge is -1.86. The molecule has 2 rings (SSSR count). The first-order valence-corrected chi connectivity index (χ1v) is 4.04. The van der Waals surface area contributed by atoms with Crippen molar-refractivity contribution in [3.8, 4) is 0 Å². The van der Waals surface area contributed by atoms with E-state index in [-0.39, 0.29) is 0 Å². The van der Waals surface area contributed by atoms with Crippen molar-refractivity contribution < 1.29 is 0 Å². The van der Waals surface area contributed by atoms with Crippen molar-refractivity contribution in [1.29, 1.82) is 0 Å². The minimum Gasteiger partial charge on any atom is -0.397 e. The molecule has 0 fully saturated rings. The van der Waals surface area contributed by atoms with E-state index in [0.717, 1.165) is 16.6 Å². The molecule has 3 N–H and O–H groups in total. The maximum Gasteiger partial charge on any atom is 0.0587 e. The third kappa shape index (κ3) is 1.39. The summed E-state index contributed by atoms with van der Waals surface area (Å²) in [6.07, 6.45) is 5.26. The number of hydrogen-bond donors (Lipinski definition) is 2. The molecule has 0 aliphatic rings. The number of aromatic nitrogens is 2. The van der Waals surface area contributed by atoms with Crippen molar-refractivity contribution in [3.05, 3.63) is 24.7 Å². The van der Waals surface area contributed by atoms with Gasteiger partial charge in [0.25, 0.3) is 0 Å². The summed E-state index contributed by atoms with van der Waals surface area (Å²) in [4.78, 5) is 6.97. The van der Waals surface area contributed by atoms with Crippen LogP contribution in [0.15, 0.2) is 24.7 Å². The van der Waals surface area contributed by atoms with E-state index in [2.05, 4.69) is 9.97 Å². The van der Waals surface area contributed by atoms with Gasteiger partial charge in [-0.05, 0) is 6.07 Å². The van der Waals surface area contributed by atoms with Gasteiger partial charge < -0.3 is 10.7 Å². The Morgan fingerprint density at radius 1 is 1.42 bits per heavy atom. The second-order valence-corrected chi connectivity index (χ2v) is 2.17. The molecule has 3 heteroatoms. The second-order valence-electron chi connectivity index (χ2n) is 2.17. The number of hydrogen-bond acceptors (Lipinski definition) is 2. The van der Waals surface area contributed by atoms with Crippen LogP contribution in [0.25, 0.3) is 10.9 Å². The smallest absolute Gasteiger partial charge is 0.0587 e. The zero-order chi connectivity index (χ0) is 8.97. The molecular weight excluding hydrogens is 150 g/mol. The highest BCUT2D eigenvalue weighted by atomic mass is 14.8. The van der Waals surface area contributed by atoms with Gasteiger partial charge in [-0.1, -0.05) is 13.8 Å². The second kappa shape index (κ2) is 3.76. The van der Waals surface area contributed by atoms with E-state index in [0.29, 0.717) is 0 Å². The topological polar surface area (TPSA) is 54.7 Å². The van der Waals surface area contributed by atoms with Gasteiger partial charge in [0, 0.05) is 24.0 Å². The molecule has 12 heavy (non-hydrogen) atoms. The molecule has 2 aromatic heterocycles. The number of H-pyrrole nitrogens is 1. The molecule has 0 saturated heterocycles. The molecule has 0 atom stereocenters.